The molecule has 2 rings (SSSR count). The van der Waals surface area contributed by atoms with Crippen molar-refractivity contribution in [3.8, 4) is 5.75 Å². The van der Waals surface area contributed by atoms with Gasteiger partial charge >= 0.3 is 0 Å². The van der Waals surface area contributed by atoms with Crippen molar-refractivity contribution in [3.05, 3.63) is 65.2 Å². The van der Waals surface area contributed by atoms with Gasteiger partial charge in [0, 0.05) is 6.04 Å². The van der Waals surface area contributed by atoms with Gasteiger partial charge in [0.25, 0.3) is 8.32 Å². The first-order chi connectivity index (χ1) is 13.3. The lowest BCUT2D eigenvalue weighted by molar-refractivity contribution is 0.379. The van der Waals surface area contributed by atoms with Gasteiger partial charge in [-0.3, -0.25) is 0 Å². The van der Waals surface area contributed by atoms with Gasteiger partial charge in [0.2, 0.25) is 11.6 Å². The molecule has 1 radical (unpaired) electrons. The second-order valence-electron chi connectivity index (χ2n) is 7.50. The Morgan fingerprint density at radius 3 is 2.07 bits per heavy atom. The highest BCUT2D eigenvalue weighted by Gasteiger charge is 2.42. The molecule has 1 nitrogen and oxygen atoms in total. The van der Waals surface area contributed by atoms with E-state index >= 15 is 0 Å². The minimum Gasteiger partial charge on any atom is -0.539 e. The standard InChI is InChI=1S/C22H27F4OSi/c1-4-5-6-10-13-28(16(2)3,15-17-11-8-7-9-12-17)27-22-20(25)18(23)14-19(24)21(22)26/h7-9,11-12,16H,4-6,10,13,15H2,1-3H3. The third-order valence-corrected chi connectivity index (χ3v) is 10.1. The van der Waals surface area contributed by atoms with Gasteiger partial charge in [-0.15, -0.1) is 0 Å². The Hall–Kier alpha value is -1.82. The molecule has 2 aromatic rings. The third kappa shape index (κ3) is 5.37. The van der Waals surface area contributed by atoms with Gasteiger partial charge in [0.1, 0.15) is 0 Å². The summed E-state index contributed by atoms with van der Waals surface area (Å²) in [5.74, 6) is -7.10. The van der Waals surface area contributed by atoms with Crippen LogP contribution in [-0.4, -0.2) is 8.32 Å². The summed E-state index contributed by atoms with van der Waals surface area (Å²) in [5.41, 5.74) is 0.978. The molecular formula is C22H27F4OSi. The Bertz CT molecular complexity index is 741. The van der Waals surface area contributed by atoms with Crippen LogP contribution in [0.4, 0.5) is 17.6 Å². The molecule has 0 bridgehead atoms. The molecule has 153 valence electrons. The Kier molecular flexibility index (Phi) is 8.10. The first-order valence-electron chi connectivity index (χ1n) is 9.79. The lowest BCUT2D eigenvalue weighted by Gasteiger charge is -2.36. The van der Waals surface area contributed by atoms with E-state index in [2.05, 4.69) is 6.92 Å². The Labute approximate surface area is 165 Å². The molecule has 0 aromatic heterocycles. The molecule has 0 aliphatic rings. The van der Waals surface area contributed by atoms with E-state index in [1.165, 1.54) is 6.07 Å². The largest absolute Gasteiger partial charge is 0.539 e. The summed E-state index contributed by atoms with van der Waals surface area (Å²) in [6, 6.07) is 12.1. The summed E-state index contributed by atoms with van der Waals surface area (Å²) >= 11 is 0. The molecule has 0 aliphatic heterocycles. The number of hydrogen-bond acceptors (Lipinski definition) is 1. The molecule has 0 heterocycles. The van der Waals surface area contributed by atoms with Crippen LogP contribution in [-0.2, 0) is 6.04 Å². The zero-order valence-corrected chi connectivity index (χ0v) is 17.6. The highest BCUT2D eigenvalue weighted by atomic mass is 28.4. The van der Waals surface area contributed by atoms with Gasteiger partial charge in [-0.1, -0.05) is 76.8 Å². The van der Waals surface area contributed by atoms with Crippen LogP contribution in [0, 0.1) is 29.3 Å². The zero-order valence-electron chi connectivity index (χ0n) is 16.6. The van der Waals surface area contributed by atoms with Crippen molar-refractivity contribution in [1.29, 1.82) is 0 Å². The van der Waals surface area contributed by atoms with Crippen molar-refractivity contribution in [1.82, 2.24) is 0 Å². The van der Waals surface area contributed by atoms with Crippen LogP contribution >= 0.6 is 0 Å². The molecule has 0 saturated heterocycles. The molecule has 0 amide bonds. The van der Waals surface area contributed by atoms with Gasteiger partial charge in [0.05, 0.1) is 6.07 Å². The fourth-order valence-electron chi connectivity index (χ4n) is 3.37. The zero-order chi connectivity index (χ0) is 20.7. The Morgan fingerprint density at radius 2 is 1.54 bits per heavy atom. The molecule has 0 aliphatic carbocycles. The predicted molar refractivity (Wildman–Crippen MR) is 106 cm³/mol. The van der Waals surface area contributed by atoms with Crippen LogP contribution in [0.1, 0.15) is 52.0 Å². The number of unbranched alkanes of at least 4 members (excludes halogenated alkanes) is 3. The first-order valence-corrected chi connectivity index (χ1v) is 12.2. The van der Waals surface area contributed by atoms with Crippen molar-refractivity contribution >= 4 is 8.32 Å². The summed E-state index contributed by atoms with van der Waals surface area (Å²) in [6.07, 6.45) is 3.94. The van der Waals surface area contributed by atoms with Crippen LogP contribution < -0.4 is 4.43 Å². The van der Waals surface area contributed by atoms with E-state index in [-0.39, 0.29) is 5.54 Å². The maximum Gasteiger partial charge on any atom is 0.258 e. The van der Waals surface area contributed by atoms with E-state index in [9.17, 15) is 17.6 Å². The SMILES string of the molecule is CCCCCC[Si](Cc1ccccc1)(Oc1c(F)c(F)[c]c(F)c1F)C(C)C. The number of benzene rings is 2. The first kappa shape index (κ1) is 22.5. The Morgan fingerprint density at radius 1 is 0.929 bits per heavy atom. The molecule has 0 spiro atoms. The molecule has 0 fully saturated rings. The van der Waals surface area contributed by atoms with E-state index < -0.39 is 37.3 Å². The summed E-state index contributed by atoms with van der Waals surface area (Å²) in [4.78, 5) is 0. The number of halogens is 4. The quantitative estimate of drug-likeness (QED) is 0.175. The van der Waals surface area contributed by atoms with E-state index in [0.717, 1.165) is 31.2 Å². The molecular weight excluding hydrogens is 384 g/mol. The van der Waals surface area contributed by atoms with Gasteiger partial charge in [-0.05, 0) is 17.1 Å². The molecule has 0 N–H and O–H groups in total. The Balaban J connectivity index is 2.44. The minimum atomic E-state index is -2.84. The molecule has 1 unspecified atom stereocenters. The van der Waals surface area contributed by atoms with Crippen molar-refractivity contribution in [2.75, 3.05) is 0 Å². The molecule has 1 atom stereocenters. The highest BCUT2D eigenvalue weighted by Crippen LogP contribution is 2.37. The summed E-state index contributed by atoms with van der Waals surface area (Å²) in [7, 11) is -2.84. The lowest BCUT2D eigenvalue weighted by Crippen LogP contribution is -2.48. The fourth-order valence-corrected chi connectivity index (χ4v) is 7.31. The fraction of sp³-hybridized carbons (Fsp3) is 0.455. The van der Waals surface area contributed by atoms with Gasteiger partial charge < -0.3 is 4.43 Å². The normalized spacial score (nSPS) is 13.6. The van der Waals surface area contributed by atoms with Crippen LogP contribution in [0.2, 0.25) is 11.6 Å². The van der Waals surface area contributed by atoms with Crippen LogP contribution in [0.15, 0.2) is 30.3 Å². The van der Waals surface area contributed by atoms with E-state index in [1.54, 1.807) is 0 Å². The topological polar surface area (TPSA) is 9.23 Å². The van der Waals surface area contributed by atoms with E-state index in [4.69, 9.17) is 4.43 Å². The van der Waals surface area contributed by atoms with Gasteiger partial charge in [-0.2, -0.15) is 8.78 Å². The molecule has 2 aromatic carbocycles. The highest BCUT2D eigenvalue weighted by molar-refractivity contribution is 6.75. The summed E-state index contributed by atoms with van der Waals surface area (Å²) < 4.78 is 61.9. The number of rotatable bonds is 10. The average Bonchev–Trinajstić information content (AvgIpc) is 2.67. The van der Waals surface area contributed by atoms with E-state index in [0.29, 0.717) is 12.1 Å². The molecule has 6 heteroatoms. The maximum atomic E-state index is 14.3. The smallest absolute Gasteiger partial charge is 0.258 e. The third-order valence-electron chi connectivity index (χ3n) is 5.16. The predicted octanol–water partition coefficient (Wildman–Crippen LogP) is 7.14. The van der Waals surface area contributed by atoms with Crippen molar-refractivity contribution in [3.63, 3.8) is 0 Å². The molecule has 28 heavy (non-hydrogen) atoms. The minimum absolute atomic E-state index is 0.0107. The van der Waals surface area contributed by atoms with Gasteiger partial charge in [0.15, 0.2) is 17.4 Å². The maximum absolute atomic E-state index is 14.3. The average molecular weight is 412 g/mol. The number of hydrogen-bond donors (Lipinski definition) is 0. The van der Waals surface area contributed by atoms with Crippen LogP contribution in [0.5, 0.6) is 5.75 Å². The van der Waals surface area contributed by atoms with Gasteiger partial charge in [-0.25, -0.2) is 8.78 Å². The monoisotopic (exact) mass is 411 g/mol. The van der Waals surface area contributed by atoms with Crippen molar-refractivity contribution < 1.29 is 22.0 Å². The second kappa shape index (κ2) is 10.1. The van der Waals surface area contributed by atoms with Crippen LogP contribution in [0.3, 0.4) is 0 Å². The van der Waals surface area contributed by atoms with E-state index in [1.807, 2.05) is 44.2 Å². The van der Waals surface area contributed by atoms with Crippen molar-refractivity contribution in [2.45, 2.75) is 64.1 Å². The summed E-state index contributed by atoms with van der Waals surface area (Å²) in [6.45, 7) is 6.00. The second-order valence-corrected chi connectivity index (χ2v) is 11.8. The molecule has 0 saturated carbocycles. The van der Waals surface area contributed by atoms with Crippen molar-refractivity contribution in [2.24, 2.45) is 0 Å². The summed E-state index contributed by atoms with van der Waals surface area (Å²) in [5, 5.41) is 0. The lowest BCUT2D eigenvalue weighted by atomic mass is 10.2. The van der Waals surface area contributed by atoms with Crippen LogP contribution in [0.25, 0.3) is 0 Å².